The molecule has 2 bridgehead atoms. The second-order valence-corrected chi connectivity index (χ2v) is 5.30. The summed E-state index contributed by atoms with van der Waals surface area (Å²) in [7, 11) is 0. The highest BCUT2D eigenvalue weighted by Crippen LogP contribution is 2.49. The lowest BCUT2D eigenvalue weighted by atomic mass is 9.84. The lowest BCUT2D eigenvalue weighted by Crippen LogP contribution is -2.15. The van der Waals surface area contributed by atoms with Gasteiger partial charge in [-0.15, -0.1) is 0 Å². The molecular weight excluding hydrogens is 198 g/mol. The molecule has 0 aromatic carbocycles. The van der Waals surface area contributed by atoms with Crippen molar-refractivity contribution in [3.05, 3.63) is 30.1 Å². The Kier molecular flexibility index (Phi) is 2.50. The van der Waals surface area contributed by atoms with E-state index in [0.29, 0.717) is 11.7 Å². The van der Waals surface area contributed by atoms with Gasteiger partial charge in [0.2, 0.25) is 0 Å². The first-order valence-electron chi connectivity index (χ1n) is 6.26. The number of pyridine rings is 1. The number of carbonyl (C=O) groups excluding carboxylic acids is 1. The quantitative estimate of drug-likeness (QED) is 0.725. The average molecular weight is 215 g/mol. The van der Waals surface area contributed by atoms with Crippen LogP contribution in [0.25, 0.3) is 0 Å². The summed E-state index contributed by atoms with van der Waals surface area (Å²) in [6.07, 6.45) is 9.60. The summed E-state index contributed by atoms with van der Waals surface area (Å²) >= 11 is 0. The molecule has 2 aliphatic carbocycles. The van der Waals surface area contributed by atoms with Gasteiger partial charge in [0.25, 0.3) is 0 Å². The maximum atomic E-state index is 12.0. The summed E-state index contributed by atoms with van der Waals surface area (Å²) in [6.45, 7) is 0. The zero-order chi connectivity index (χ0) is 11.0. The Bertz CT molecular complexity index is 387. The van der Waals surface area contributed by atoms with Crippen LogP contribution in [0.1, 0.15) is 42.5 Å². The molecule has 1 heterocycles. The molecule has 84 valence electrons. The Morgan fingerprint density at radius 3 is 2.69 bits per heavy atom. The normalized spacial score (nSPS) is 31.9. The van der Waals surface area contributed by atoms with Crippen LogP contribution in [0.4, 0.5) is 0 Å². The molecule has 1 aromatic heterocycles. The molecular formula is C14H17NO. The molecule has 0 radical (unpaired) electrons. The van der Waals surface area contributed by atoms with Crippen molar-refractivity contribution >= 4 is 5.78 Å². The number of hydrogen-bond donors (Lipinski definition) is 0. The number of rotatable bonds is 3. The van der Waals surface area contributed by atoms with Crippen molar-refractivity contribution in [1.29, 1.82) is 0 Å². The maximum absolute atomic E-state index is 12.0. The van der Waals surface area contributed by atoms with Crippen molar-refractivity contribution in [3.63, 3.8) is 0 Å². The topological polar surface area (TPSA) is 30.0 Å². The molecule has 0 amide bonds. The van der Waals surface area contributed by atoms with Gasteiger partial charge in [0.1, 0.15) is 0 Å². The average Bonchev–Trinajstić information content (AvgIpc) is 2.92. The van der Waals surface area contributed by atoms with E-state index in [1.165, 1.54) is 25.7 Å². The fraction of sp³-hybridized carbons (Fsp3) is 0.571. The number of fused-ring (bicyclic) bond motifs is 2. The monoisotopic (exact) mass is 215 g/mol. The van der Waals surface area contributed by atoms with Crippen LogP contribution in [0.15, 0.2) is 24.5 Å². The van der Waals surface area contributed by atoms with E-state index in [1.54, 1.807) is 12.4 Å². The number of hydrogen-bond acceptors (Lipinski definition) is 2. The first-order chi connectivity index (χ1) is 7.83. The molecule has 0 spiro atoms. The first kappa shape index (κ1) is 10.0. The lowest BCUT2D eigenvalue weighted by Gasteiger charge is -2.20. The maximum Gasteiger partial charge on any atom is 0.163 e. The van der Waals surface area contributed by atoms with Crippen LogP contribution in [0.3, 0.4) is 0 Å². The molecule has 3 unspecified atom stereocenters. The van der Waals surface area contributed by atoms with E-state index in [2.05, 4.69) is 4.98 Å². The van der Waals surface area contributed by atoms with Crippen molar-refractivity contribution in [3.8, 4) is 0 Å². The molecule has 3 rings (SSSR count). The largest absolute Gasteiger partial charge is 0.294 e. The minimum absolute atomic E-state index is 0.306. The summed E-state index contributed by atoms with van der Waals surface area (Å²) in [5, 5.41) is 0. The van der Waals surface area contributed by atoms with Gasteiger partial charge in [0, 0.05) is 24.4 Å². The molecule has 2 saturated carbocycles. The minimum Gasteiger partial charge on any atom is -0.294 e. The first-order valence-corrected chi connectivity index (χ1v) is 6.26. The van der Waals surface area contributed by atoms with Gasteiger partial charge >= 0.3 is 0 Å². The van der Waals surface area contributed by atoms with Crippen molar-refractivity contribution < 1.29 is 4.79 Å². The van der Waals surface area contributed by atoms with E-state index in [-0.39, 0.29) is 0 Å². The number of ketones is 1. The van der Waals surface area contributed by atoms with Crippen molar-refractivity contribution in [2.75, 3.05) is 0 Å². The highest BCUT2D eigenvalue weighted by atomic mass is 16.1. The van der Waals surface area contributed by atoms with Gasteiger partial charge in [-0.05, 0) is 49.1 Å². The second-order valence-electron chi connectivity index (χ2n) is 5.30. The van der Waals surface area contributed by atoms with Gasteiger partial charge in [-0.3, -0.25) is 9.78 Å². The predicted octanol–water partition coefficient (Wildman–Crippen LogP) is 3.09. The molecule has 2 nitrogen and oxygen atoms in total. The Morgan fingerprint density at radius 2 is 2.06 bits per heavy atom. The Hall–Kier alpha value is -1.18. The van der Waals surface area contributed by atoms with Gasteiger partial charge in [0.05, 0.1) is 0 Å². The van der Waals surface area contributed by atoms with E-state index >= 15 is 0 Å². The van der Waals surface area contributed by atoms with E-state index in [4.69, 9.17) is 0 Å². The van der Waals surface area contributed by atoms with Gasteiger partial charge in [-0.1, -0.05) is 6.42 Å². The van der Waals surface area contributed by atoms with Crippen molar-refractivity contribution in [2.45, 2.75) is 32.1 Å². The molecule has 2 fully saturated rings. The fourth-order valence-corrected chi connectivity index (χ4v) is 3.52. The van der Waals surface area contributed by atoms with Crippen LogP contribution in [0.2, 0.25) is 0 Å². The SMILES string of the molecule is O=C(CC1CC2CCC1C2)c1ccncc1. The molecule has 0 aliphatic heterocycles. The smallest absolute Gasteiger partial charge is 0.163 e. The third kappa shape index (κ3) is 1.77. The summed E-state index contributed by atoms with van der Waals surface area (Å²) in [4.78, 5) is 16.0. The number of nitrogens with zero attached hydrogens (tertiary/aromatic N) is 1. The highest BCUT2D eigenvalue weighted by molar-refractivity contribution is 5.96. The Balaban J connectivity index is 1.65. The highest BCUT2D eigenvalue weighted by Gasteiger charge is 2.40. The van der Waals surface area contributed by atoms with Crippen LogP contribution < -0.4 is 0 Å². The third-order valence-electron chi connectivity index (χ3n) is 4.33. The van der Waals surface area contributed by atoms with E-state index in [0.717, 1.165) is 23.8 Å². The molecule has 16 heavy (non-hydrogen) atoms. The molecule has 2 aliphatic rings. The van der Waals surface area contributed by atoms with Crippen molar-refractivity contribution in [2.24, 2.45) is 17.8 Å². The van der Waals surface area contributed by atoms with Gasteiger partial charge in [-0.25, -0.2) is 0 Å². The van der Waals surface area contributed by atoms with E-state index in [9.17, 15) is 4.79 Å². The Labute approximate surface area is 96.1 Å². The van der Waals surface area contributed by atoms with Gasteiger partial charge < -0.3 is 0 Å². The zero-order valence-electron chi connectivity index (χ0n) is 9.43. The summed E-state index contributed by atoms with van der Waals surface area (Å²) in [5.74, 6) is 2.75. The summed E-state index contributed by atoms with van der Waals surface area (Å²) < 4.78 is 0. The number of aromatic nitrogens is 1. The summed E-state index contributed by atoms with van der Waals surface area (Å²) in [6, 6.07) is 3.66. The number of carbonyl (C=O) groups is 1. The van der Waals surface area contributed by atoms with Crippen LogP contribution >= 0.6 is 0 Å². The zero-order valence-corrected chi connectivity index (χ0v) is 9.43. The van der Waals surface area contributed by atoms with E-state index in [1.807, 2.05) is 12.1 Å². The van der Waals surface area contributed by atoms with Crippen LogP contribution in [-0.2, 0) is 0 Å². The van der Waals surface area contributed by atoms with E-state index < -0.39 is 0 Å². The lowest BCUT2D eigenvalue weighted by molar-refractivity contribution is 0.0944. The van der Waals surface area contributed by atoms with Crippen molar-refractivity contribution in [1.82, 2.24) is 4.98 Å². The standard InChI is InChI=1S/C14H17NO/c16-14(11-3-5-15-6-4-11)9-13-8-10-1-2-12(13)7-10/h3-6,10,12-13H,1-2,7-9H2. The molecule has 1 aromatic rings. The molecule has 0 N–H and O–H groups in total. The fourth-order valence-electron chi connectivity index (χ4n) is 3.52. The van der Waals surface area contributed by atoms with Gasteiger partial charge in [0.15, 0.2) is 5.78 Å². The van der Waals surface area contributed by atoms with Crippen LogP contribution in [-0.4, -0.2) is 10.8 Å². The molecule has 0 saturated heterocycles. The third-order valence-corrected chi connectivity index (χ3v) is 4.33. The summed E-state index contributed by atoms with van der Waals surface area (Å²) in [5.41, 5.74) is 0.831. The minimum atomic E-state index is 0.306. The van der Waals surface area contributed by atoms with Gasteiger partial charge in [-0.2, -0.15) is 0 Å². The molecule has 3 atom stereocenters. The number of Topliss-reactive ketones (excluding diaryl/α,β-unsaturated/α-hetero) is 1. The molecule has 2 heteroatoms. The van der Waals surface area contributed by atoms with Crippen LogP contribution in [0, 0.1) is 17.8 Å². The second kappa shape index (κ2) is 4.00. The Morgan fingerprint density at radius 1 is 1.25 bits per heavy atom. The van der Waals surface area contributed by atoms with Crippen LogP contribution in [0.5, 0.6) is 0 Å². The predicted molar refractivity (Wildman–Crippen MR) is 62.1 cm³/mol.